The average molecular weight is 218 g/mol. The summed E-state index contributed by atoms with van der Waals surface area (Å²) in [5.41, 5.74) is 1.28. The van der Waals surface area contributed by atoms with E-state index >= 15 is 0 Å². The van der Waals surface area contributed by atoms with E-state index < -0.39 is 0 Å². The first-order valence-corrected chi connectivity index (χ1v) is 6.44. The molecule has 0 radical (unpaired) electrons. The summed E-state index contributed by atoms with van der Waals surface area (Å²) < 4.78 is 0. The van der Waals surface area contributed by atoms with Crippen molar-refractivity contribution in [2.45, 2.75) is 39.2 Å². The number of nitrogens with one attached hydrogen (secondary N) is 1. The molecule has 0 saturated heterocycles. The topological polar surface area (TPSA) is 24.9 Å². The molecule has 1 aliphatic carbocycles. The van der Waals surface area contributed by atoms with E-state index in [1.807, 2.05) is 18.5 Å². The highest BCUT2D eigenvalue weighted by Crippen LogP contribution is 2.27. The highest BCUT2D eigenvalue weighted by molar-refractivity contribution is 5.07. The third-order valence-electron chi connectivity index (χ3n) is 3.53. The first kappa shape index (κ1) is 11.6. The van der Waals surface area contributed by atoms with Crippen LogP contribution in [-0.4, -0.2) is 11.5 Å². The van der Waals surface area contributed by atoms with Gasteiger partial charge in [0.15, 0.2) is 0 Å². The maximum atomic E-state index is 4.12. The molecule has 2 nitrogen and oxygen atoms in total. The number of pyridine rings is 1. The first-order chi connectivity index (χ1) is 7.84. The van der Waals surface area contributed by atoms with E-state index in [-0.39, 0.29) is 0 Å². The minimum atomic E-state index is 0.889. The quantitative estimate of drug-likeness (QED) is 0.840. The number of nitrogens with zero attached hydrogens (tertiary/aromatic N) is 1. The van der Waals surface area contributed by atoms with E-state index in [9.17, 15) is 0 Å². The molecule has 1 aromatic heterocycles. The lowest BCUT2D eigenvalue weighted by Crippen LogP contribution is -2.26. The van der Waals surface area contributed by atoms with Crippen molar-refractivity contribution in [1.82, 2.24) is 10.3 Å². The van der Waals surface area contributed by atoms with Crippen LogP contribution in [0.2, 0.25) is 0 Å². The molecule has 88 valence electrons. The van der Waals surface area contributed by atoms with Crippen molar-refractivity contribution in [3.63, 3.8) is 0 Å². The zero-order chi connectivity index (χ0) is 11.2. The van der Waals surface area contributed by atoms with Crippen LogP contribution in [0.4, 0.5) is 0 Å². The average Bonchev–Trinajstić information content (AvgIpc) is 2.30. The fraction of sp³-hybridized carbons (Fsp3) is 0.643. The maximum Gasteiger partial charge on any atom is 0.0312 e. The highest BCUT2D eigenvalue weighted by atomic mass is 14.9. The zero-order valence-electron chi connectivity index (χ0n) is 10.2. The monoisotopic (exact) mass is 218 g/mol. The molecule has 1 heterocycles. The van der Waals surface area contributed by atoms with Gasteiger partial charge in [0.25, 0.3) is 0 Å². The lowest BCUT2D eigenvalue weighted by Gasteiger charge is -2.26. The Balaban J connectivity index is 1.68. The van der Waals surface area contributed by atoms with E-state index in [0.717, 1.165) is 18.4 Å². The Morgan fingerprint density at radius 1 is 1.44 bits per heavy atom. The number of hydrogen-bond acceptors (Lipinski definition) is 2. The van der Waals surface area contributed by atoms with Gasteiger partial charge in [-0.1, -0.05) is 25.8 Å². The molecule has 0 aliphatic heterocycles. The van der Waals surface area contributed by atoms with E-state index in [1.165, 1.54) is 37.8 Å². The molecule has 0 bridgehead atoms. The van der Waals surface area contributed by atoms with Gasteiger partial charge in [0.1, 0.15) is 0 Å². The molecule has 0 amide bonds. The molecule has 2 rings (SSSR count). The Bertz CT molecular complexity index is 297. The van der Waals surface area contributed by atoms with Gasteiger partial charge in [0, 0.05) is 18.9 Å². The Hall–Kier alpha value is -0.890. The van der Waals surface area contributed by atoms with Gasteiger partial charge in [-0.3, -0.25) is 4.98 Å². The molecule has 2 heteroatoms. The summed E-state index contributed by atoms with van der Waals surface area (Å²) in [6.45, 7) is 4.51. The number of aromatic nitrogens is 1. The lowest BCUT2D eigenvalue weighted by atomic mass is 9.82. The molecule has 1 N–H and O–H groups in total. The highest BCUT2D eigenvalue weighted by Gasteiger charge is 2.17. The summed E-state index contributed by atoms with van der Waals surface area (Å²) >= 11 is 0. The molecular formula is C14H22N2. The molecule has 2 atom stereocenters. The molecular weight excluding hydrogens is 196 g/mol. The smallest absolute Gasteiger partial charge is 0.0312 e. The van der Waals surface area contributed by atoms with Gasteiger partial charge in [-0.25, -0.2) is 0 Å². The molecule has 16 heavy (non-hydrogen) atoms. The summed E-state index contributed by atoms with van der Waals surface area (Å²) in [7, 11) is 0. The largest absolute Gasteiger partial charge is 0.312 e. The normalized spacial score (nSPS) is 25.6. The van der Waals surface area contributed by atoms with Gasteiger partial charge in [-0.15, -0.1) is 0 Å². The Kier molecular flexibility index (Phi) is 4.34. The summed E-state index contributed by atoms with van der Waals surface area (Å²) in [4.78, 5) is 4.12. The molecule has 2 unspecified atom stereocenters. The van der Waals surface area contributed by atoms with Crippen LogP contribution in [0.25, 0.3) is 0 Å². The summed E-state index contributed by atoms with van der Waals surface area (Å²) in [5.74, 6) is 1.82. The molecule has 1 aliphatic rings. The predicted octanol–water partition coefficient (Wildman–Crippen LogP) is 3.00. The summed E-state index contributed by atoms with van der Waals surface area (Å²) in [6, 6.07) is 4.13. The second-order valence-electron chi connectivity index (χ2n) is 5.13. The molecule has 0 spiro atoms. The standard InChI is InChI=1S/C14H22N2/c1-12-4-2-5-13(8-12)9-16-11-14-6-3-7-15-10-14/h3,6-7,10,12-13,16H,2,4-5,8-9,11H2,1H3. The lowest BCUT2D eigenvalue weighted by molar-refractivity contribution is 0.274. The molecule has 1 saturated carbocycles. The van der Waals surface area contributed by atoms with Crippen LogP contribution < -0.4 is 5.32 Å². The number of hydrogen-bond donors (Lipinski definition) is 1. The van der Waals surface area contributed by atoms with Gasteiger partial charge >= 0.3 is 0 Å². The molecule has 1 aromatic rings. The van der Waals surface area contributed by atoms with Crippen LogP contribution in [0.15, 0.2) is 24.5 Å². The van der Waals surface area contributed by atoms with Gasteiger partial charge in [-0.2, -0.15) is 0 Å². The van der Waals surface area contributed by atoms with Gasteiger partial charge < -0.3 is 5.32 Å². The van der Waals surface area contributed by atoms with Crippen molar-refractivity contribution in [3.8, 4) is 0 Å². The van der Waals surface area contributed by atoms with E-state index in [1.54, 1.807) is 0 Å². The van der Waals surface area contributed by atoms with Crippen LogP contribution >= 0.6 is 0 Å². The second-order valence-corrected chi connectivity index (χ2v) is 5.13. The zero-order valence-corrected chi connectivity index (χ0v) is 10.2. The predicted molar refractivity (Wildman–Crippen MR) is 67.1 cm³/mol. The van der Waals surface area contributed by atoms with Gasteiger partial charge in [-0.05, 0) is 42.9 Å². The van der Waals surface area contributed by atoms with Gasteiger partial charge in [0.2, 0.25) is 0 Å². The van der Waals surface area contributed by atoms with Crippen molar-refractivity contribution < 1.29 is 0 Å². The Morgan fingerprint density at radius 2 is 2.38 bits per heavy atom. The van der Waals surface area contributed by atoms with E-state index in [2.05, 4.69) is 23.3 Å². The van der Waals surface area contributed by atoms with E-state index in [0.29, 0.717) is 0 Å². The summed E-state index contributed by atoms with van der Waals surface area (Å²) in [5, 5.41) is 3.55. The number of rotatable bonds is 4. The minimum Gasteiger partial charge on any atom is -0.312 e. The SMILES string of the molecule is CC1CCCC(CNCc2cccnc2)C1. The van der Waals surface area contributed by atoms with Crippen molar-refractivity contribution >= 4 is 0 Å². The second kappa shape index (κ2) is 6.00. The van der Waals surface area contributed by atoms with Crippen LogP contribution in [0, 0.1) is 11.8 Å². The van der Waals surface area contributed by atoms with Crippen molar-refractivity contribution in [1.29, 1.82) is 0 Å². The Morgan fingerprint density at radius 3 is 3.12 bits per heavy atom. The summed E-state index contributed by atoms with van der Waals surface area (Å²) in [6.07, 6.45) is 9.42. The van der Waals surface area contributed by atoms with Crippen molar-refractivity contribution in [3.05, 3.63) is 30.1 Å². The van der Waals surface area contributed by atoms with Crippen LogP contribution in [0.3, 0.4) is 0 Å². The third kappa shape index (κ3) is 3.60. The maximum absolute atomic E-state index is 4.12. The molecule has 0 aromatic carbocycles. The third-order valence-corrected chi connectivity index (χ3v) is 3.53. The Labute approximate surface area is 98.5 Å². The van der Waals surface area contributed by atoms with Crippen LogP contribution in [0.1, 0.15) is 38.2 Å². The van der Waals surface area contributed by atoms with Crippen LogP contribution in [-0.2, 0) is 6.54 Å². The van der Waals surface area contributed by atoms with Crippen molar-refractivity contribution in [2.75, 3.05) is 6.54 Å². The molecule has 1 fully saturated rings. The van der Waals surface area contributed by atoms with Gasteiger partial charge in [0.05, 0.1) is 0 Å². The van der Waals surface area contributed by atoms with Crippen LogP contribution in [0.5, 0.6) is 0 Å². The first-order valence-electron chi connectivity index (χ1n) is 6.44. The fourth-order valence-corrected chi connectivity index (χ4v) is 2.67. The van der Waals surface area contributed by atoms with Crippen molar-refractivity contribution in [2.24, 2.45) is 11.8 Å². The fourth-order valence-electron chi connectivity index (χ4n) is 2.67. The minimum absolute atomic E-state index is 0.889. The van der Waals surface area contributed by atoms with E-state index in [4.69, 9.17) is 0 Å².